The molecule has 0 N–H and O–H groups in total. The van der Waals surface area contributed by atoms with E-state index in [0.29, 0.717) is 6.54 Å². The first-order valence-corrected chi connectivity index (χ1v) is 8.85. The summed E-state index contributed by atoms with van der Waals surface area (Å²) in [6.07, 6.45) is 3.73. The minimum atomic E-state index is 0.0356. The molecule has 1 unspecified atom stereocenters. The standard InChI is InChI=1S/C21H26N4O/c1-15-11-20(21(26)23(4)13-18-12-22-24(5)14-18)17(3)25(15)16(2)19-9-7-6-8-10-19/h6-12,14,16H,13H2,1-5H3. The molecule has 5 heteroatoms. The van der Waals surface area contributed by atoms with Gasteiger partial charge in [0.2, 0.25) is 0 Å². The Morgan fingerprint density at radius 3 is 2.54 bits per heavy atom. The summed E-state index contributed by atoms with van der Waals surface area (Å²) < 4.78 is 3.99. The quantitative estimate of drug-likeness (QED) is 0.704. The van der Waals surface area contributed by atoms with Crippen LogP contribution in [-0.4, -0.2) is 32.2 Å². The summed E-state index contributed by atoms with van der Waals surface area (Å²) in [6.45, 7) is 6.80. The largest absolute Gasteiger partial charge is 0.341 e. The smallest absolute Gasteiger partial charge is 0.255 e. The summed E-state index contributed by atoms with van der Waals surface area (Å²) >= 11 is 0. The Morgan fingerprint density at radius 2 is 1.92 bits per heavy atom. The second-order valence-electron chi connectivity index (χ2n) is 6.92. The molecule has 0 saturated carbocycles. The number of nitrogens with zero attached hydrogens (tertiary/aromatic N) is 4. The highest BCUT2D eigenvalue weighted by Crippen LogP contribution is 2.26. The summed E-state index contributed by atoms with van der Waals surface area (Å²) in [7, 11) is 3.71. The monoisotopic (exact) mass is 350 g/mol. The Balaban J connectivity index is 1.86. The van der Waals surface area contributed by atoms with Crippen molar-refractivity contribution in [2.24, 2.45) is 7.05 Å². The van der Waals surface area contributed by atoms with E-state index >= 15 is 0 Å². The molecular formula is C21H26N4O. The lowest BCUT2D eigenvalue weighted by Gasteiger charge is -2.20. The summed E-state index contributed by atoms with van der Waals surface area (Å²) in [5, 5.41) is 4.17. The van der Waals surface area contributed by atoms with Gasteiger partial charge in [0, 0.05) is 43.8 Å². The molecule has 3 aromatic rings. The van der Waals surface area contributed by atoms with Gasteiger partial charge in [0.25, 0.3) is 5.91 Å². The van der Waals surface area contributed by atoms with Crippen LogP contribution in [0.4, 0.5) is 0 Å². The Kier molecular flexibility index (Phi) is 4.98. The van der Waals surface area contributed by atoms with Crippen LogP contribution >= 0.6 is 0 Å². The Labute approximate surface area is 154 Å². The second-order valence-corrected chi connectivity index (χ2v) is 6.92. The number of rotatable bonds is 5. The number of amides is 1. The number of carbonyl (C=O) groups excluding carboxylic acids is 1. The predicted octanol–water partition coefficient (Wildman–Crippen LogP) is 3.72. The van der Waals surface area contributed by atoms with Crippen molar-refractivity contribution in [2.75, 3.05) is 7.05 Å². The number of aromatic nitrogens is 3. The van der Waals surface area contributed by atoms with Gasteiger partial charge >= 0.3 is 0 Å². The molecule has 136 valence electrons. The zero-order chi connectivity index (χ0) is 18.8. The molecule has 1 amide bonds. The Hall–Kier alpha value is -2.82. The average Bonchev–Trinajstić information content (AvgIpc) is 3.17. The number of benzene rings is 1. The van der Waals surface area contributed by atoms with Crippen molar-refractivity contribution >= 4 is 5.91 Å². The van der Waals surface area contributed by atoms with Crippen molar-refractivity contribution in [3.05, 3.63) is 76.9 Å². The van der Waals surface area contributed by atoms with Gasteiger partial charge in [-0.15, -0.1) is 0 Å². The first-order valence-electron chi connectivity index (χ1n) is 8.85. The van der Waals surface area contributed by atoms with E-state index in [1.165, 1.54) is 5.56 Å². The fraction of sp³-hybridized carbons (Fsp3) is 0.333. The van der Waals surface area contributed by atoms with E-state index in [0.717, 1.165) is 22.5 Å². The maximum atomic E-state index is 13.0. The van der Waals surface area contributed by atoms with Crippen LogP contribution in [0.25, 0.3) is 0 Å². The number of hydrogen-bond acceptors (Lipinski definition) is 2. The van der Waals surface area contributed by atoms with Gasteiger partial charge < -0.3 is 9.47 Å². The first-order chi connectivity index (χ1) is 12.4. The molecule has 3 rings (SSSR count). The zero-order valence-electron chi connectivity index (χ0n) is 16.1. The predicted molar refractivity (Wildman–Crippen MR) is 103 cm³/mol. The molecule has 0 radical (unpaired) electrons. The van der Waals surface area contributed by atoms with E-state index in [1.807, 2.05) is 51.5 Å². The number of aryl methyl sites for hydroxylation is 2. The molecule has 1 aromatic carbocycles. The van der Waals surface area contributed by atoms with Crippen LogP contribution < -0.4 is 0 Å². The topological polar surface area (TPSA) is 43.1 Å². The van der Waals surface area contributed by atoms with Gasteiger partial charge in [0.1, 0.15) is 0 Å². The van der Waals surface area contributed by atoms with Crippen LogP contribution in [-0.2, 0) is 13.6 Å². The molecule has 0 fully saturated rings. The highest BCUT2D eigenvalue weighted by molar-refractivity contribution is 5.95. The Morgan fingerprint density at radius 1 is 1.23 bits per heavy atom. The molecule has 0 bridgehead atoms. The molecule has 0 saturated heterocycles. The molecule has 0 aliphatic carbocycles. The maximum absolute atomic E-state index is 13.0. The molecule has 0 spiro atoms. The lowest BCUT2D eigenvalue weighted by atomic mass is 10.1. The van der Waals surface area contributed by atoms with E-state index in [-0.39, 0.29) is 11.9 Å². The highest BCUT2D eigenvalue weighted by atomic mass is 16.2. The number of hydrogen-bond donors (Lipinski definition) is 0. The van der Waals surface area contributed by atoms with Crippen molar-refractivity contribution in [2.45, 2.75) is 33.4 Å². The van der Waals surface area contributed by atoms with Crippen molar-refractivity contribution in [3.8, 4) is 0 Å². The summed E-state index contributed by atoms with van der Waals surface area (Å²) in [6, 6.07) is 12.5. The highest BCUT2D eigenvalue weighted by Gasteiger charge is 2.22. The molecule has 26 heavy (non-hydrogen) atoms. The number of carbonyl (C=O) groups is 1. The minimum absolute atomic E-state index is 0.0356. The molecule has 0 aliphatic rings. The zero-order valence-corrected chi connectivity index (χ0v) is 16.1. The molecule has 2 heterocycles. The van der Waals surface area contributed by atoms with Crippen LogP contribution in [0.2, 0.25) is 0 Å². The minimum Gasteiger partial charge on any atom is -0.341 e. The lowest BCUT2D eigenvalue weighted by Crippen LogP contribution is -2.26. The van der Waals surface area contributed by atoms with Crippen LogP contribution in [0.5, 0.6) is 0 Å². The normalized spacial score (nSPS) is 12.2. The van der Waals surface area contributed by atoms with Gasteiger partial charge in [-0.3, -0.25) is 9.48 Å². The second kappa shape index (κ2) is 7.20. The summed E-state index contributed by atoms with van der Waals surface area (Å²) in [5.74, 6) is 0.0356. The van der Waals surface area contributed by atoms with Crippen LogP contribution in [0.3, 0.4) is 0 Å². The third-order valence-electron chi connectivity index (χ3n) is 4.91. The summed E-state index contributed by atoms with van der Waals surface area (Å²) in [5.41, 5.74) is 5.11. The molecule has 2 aromatic heterocycles. The van der Waals surface area contributed by atoms with Gasteiger partial charge in [-0.05, 0) is 32.4 Å². The van der Waals surface area contributed by atoms with Gasteiger partial charge in [0.05, 0.1) is 17.8 Å². The molecule has 0 aliphatic heterocycles. The van der Waals surface area contributed by atoms with Gasteiger partial charge in [-0.25, -0.2) is 0 Å². The fourth-order valence-electron chi connectivity index (χ4n) is 3.58. The van der Waals surface area contributed by atoms with E-state index < -0.39 is 0 Å². The van der Waals surface area contributed by atoms with Crippen molar-refractivity contribution < 1.29 is 4.79 Å². The van der Waals surface area contributed by atoms with Gasteiger partial charge in [0.15, 0.2) is 0 Å². The van der Waals surface area contributed by atoms with Crippen LogP contribution in [0.1, 0.15) is 45.8 Å². The first kappa shape index (κ1) is 18.0. The van der Waals surface area contributed by atoms with Gasteiger partial charge in [-0.2, -0.15) is 5.10 Å². The van der Waals surface area contributed by atoms with E-state index in [9.17, 15) is 4.79 Å². The van der Waals surface area contributed by atoms with Gasteiger partial charge in [-0.1, -0.05) is 30.3 Å². The Bertz CT molecular complexity index is 907. The fourth-order valence-corrected chi connectivity index (χ4v) is 3.58. The van der Waals surface area contributed by atoms with Crippen molar-refractivity contribution in [1.29, 1.82) is 0 Å². The third-order valence-corrected chi connectivity index (χ3v) is 4.91. The molecule has 5 nitrogen and oxygen atoms in total. The van der Waals surface area contributed by atoms with E-state index in [1.54, 1.807) is 15.8 Å². The summed E-state index contributed by atoms with van der Waals surface area (Å²) in [4.78, 5) is 14.7. The van der Waals surface area contributed by atoms with E-state index in [2.05, 4.69) is 35.6 Å². The van der Waals surface area contributed by atoms with Crippen LogP contribution in [0, 0.1) is 13.8 Å². The lowest BCUT2D eigenvalue weighted by molar-refractivity contribution is 0.0784. The maximum Gasteiger partial charge on any atom is 0.255 e. The molecule has 1 atom stereocenters. The average molecular weight is 350 g/mol. The van der Waals surface area contributed by atoms with E-state index in [4.69, 9.17) is 0 Å². The van der Waals surface area contributed by atoms with Crippen molar-refractivity contribution in [3.63, 3.8) is 0 Å². The molecular weight excluding hydrogens is 324 g/mol. The van der Waals surface area contributed by atoms with Crippen LogP contribution in [0.15, 0.2) is 48.8 Å². The van der Waals surface area contributed by atoms with Crippen molar-refractivity contribution in [1.82, 2.24) is 19.2 Å². The third kappa shape index (κ3) is 3.43. The SMILES string of the molecule is Cc1cc(C(=O)N(C)Cc2cnn(C)c2)c(C)n1C(C)c1ccccc1.